The van der Waals surface area contributed by atoms with Crippen LogP contribution in [0.3, 0.4) is 0 Å². The van der Waals surface area contributed by atoms with Crippen LogP contribution < -0.4 is 11.1 Å². The minimum absolute atomic E-state index is 0.175. The Morgan fingerprint density at radius 2 is 1.95 bits per heavy atom. The molecule has 0 amide bonds. The molecule has 102 valence electrons. The van der Waals surface area contributed by atoms with Gasteiger partial charge in [0.05, 0.1) is 17.2 Å². The monoisotopic (exact) mass is 278 g/mol. The van der Waals surface area contributed by atoms with Gasteiger partial charge in [0.25, 0.3) is 0 Å². The van der Waals surface area contributed by atoms with Crippen LogP contribution in [0.2, 0.25) is 0 Å². The minimum Gasteiger partial charge on any atom is -0.399 e. The average molecular weight is 278 g/mol. The molecule has 0 bridgehead atoms. The lowest BCUT2D eigenvalue weighted by molar-refractivity contribution is -0.137. The van der Waals surface area contributed by atoms with Crippen molar-refractivity contribution < 1.29 is 13.2 Å². The van der Waals surface area contributed by atoms with Gasteiger partial charge in [0.1, 0.15) is 5.82 Å². The van der Waals surface area contributed by atoms with Crippen LogP contribution in [-0.4, -0.2) is 4.98 Å². The van der Waals surface area contributed by atoms with Crippen molar-refractivity contribution in [3.63, 3.8) is 0 Å². The maximum atomic E-state index is 12.8. The van der Waals surface area contributed by atoms with Crippen LogP contribution >= 0.6 is 0 Å². The van der Waals surface area contributed by atoms with Gasteiger partial charge in [-0.25, -0.2) is 4.98 Å². The number of rotatable bonds is 2. The van der Waals surface area contributed by atoms with Crippen molar-refractivity contribution in [2.45, 2.75) is 6.18 Å². The van der Waals surface area contributed by atoms with E-state index in [2.05, 4.69) is 10.3 Å². The molecular weight excluding hydrogens is 269 g/mol. The molecule has 0 aliphatic heterocycles. The summed E-state index contributed by atoms with van der Waals surface area (Å²) in [6.45, 7) is 0. The van der Waals surface area contributed by atoms with E-state index in [1.807, 2.05) is 0 Å². The van der Waals surface area contributed by atoms with Crippen LogP contribution in [0, 0.1) is 11.3 Å². The Balaban J connectivity index is 2.37. The van der Waals surface area contributed by atoms with Crippen LogP contribution in [0.15, 0.2) is 36.5 Å². The van der Waals surface area contributed by atoms with Gasteiger partial charge < -0.3 is 11.1 Å². The Morgan fingerprint density at radius 3 is 2.55 bits per heavy atom. The normalized spacial score (nSPS) is 10.9. The quantitative estimate of drug-likeness (QED) is 0.883. The molecule has 0 aliphatic carbocycles. The number of hydrogen-bond acceptors (Lipinski definition) is 4. The predicted molar refractivity (Wildman–Crippen MR) is 68.1 cm³/mol. The number of alkyl halides is 3. The smallest absolute Gasteiger partial charge is 0.399 e. The minimum atomic E-state index is -4.59. The standard InChI is InChI=1S/C13H9F3N4/c14-13(15,16)11-6-10(2-1-8(11)7-17)20-12-5-9(18)3-4-19-12/h1-6H,(H3,18,19,20). The number of benzene rings is 1. The fourth-order valence-electron chi connectivity index (χ4n) is 1.62. The molecule has 0 aliphatic rings. The van der Waals surface area contributed by atoms with Crippen molar-refractivity contribution in [2.75, 3.05) is 11.1 Å². The second-order valence-corrected chi connectivity index (χ2v) is 3.97. The maximum absolute atomic E-state index is 12.8. The molecule has 7 heteroatoms. The number of nitrogens with one attached hydrogen (secondary N) is 1. The number of halogens is 3. The molecule has 0 unspecified atom stereocenters. The number of hydrogen-bond donors (Lipinski definition) is 2. The Kier molecular flexibility index (Phi) is 3.48. The Bertz CT molecular complexity index is 674. The highest BCUT2D eigenvalue weighted by Gasteiger charge is 2.33. The van der Waals surface area contributed by atoms with E-state index in [4.69, 9.17) is 11.0 Å². The molecule has 20 heavy (non-hydrogen) atoms. The van der Waals surface area contributed by atoms with Gasteiger partial charge in [0, 0.05) is 23.6 Å². The fraction of sp³-hybridized carbons (Fsp3) is 0.0769. The van der Waals surface area contributed by atoms with E-state index in [0.717, 1.165) is 12.1 Å². The molecule has 1 heterocycles. The SMILES string of the molecule is N#Cc1ccc(Nc2cc(N)ccn2)cc1C(F)(F)F. The van der Waals surface area contributed by atoms with E-state index < -0.39 is 17.3 Å². The maximum Gasteiger partial charge on any atom is 0.417 e. The van der Waals surface area contributed by atoms with Crippen molar-refractivity contribution in [2.24, 2.45) is 0 Å². The lowest BCUT2D eigenvalue weighted by Gasteiger charge is -2.12. The molecular formula is C13H9F3N4. The number of nitriles is 1. The summed E-state index contributed by atoms with van der Waals surface area (Å²) in [5.74, 6) is 0.322. The van der Waals surface area contributed by atoms with Crippen LogP contribution in [0.25, 0.3) is 0 Å². The second-order valence-electron chi connectivity index (χ2n) is 3.97. The molecule has 0 atom stereocenters. The molecule has 0 spiro atoms. The highest BCUT2D eigenvalue weighted by atomic mass is 19.4. The summed E-state index contributed by atoms with van der Waals surface area (Å²) in [5.41, 5.74) is 4.75. The van der Waals surface area contributed by atoms with Crippen molar-refractivity contribution in [3.8, 4) is 6.07 Å². The summed E-state index contributed by atoms with van der Waals surface area (Å²) in [6, 6.07) is 7.92. The molecule has 2 rings (SSSR count). The number of nitrogen functional groups attached to an aromatic ring is 1. The lowest BCUT2D eigenvalue weighted by atomic mass is 10.1. The van der Waals surface area contributed by atoms with Gasteiger partial charge in [-0.15, -0.1) is 0 Å². The third-order valence-electron chi connectivity index (χ3n) is 2.50. The van der Waals surface area contributed by atoms with Gasteiger partial charge in [-0.05, 0) is 24.3 Å². The van der Waals surface area contributed by atoms with Crippen molar-refractivity contribution in [3.05, 3.63) is 47.7 Å². The zero-order chi connectivity index (χ0) is 14.8. The van der Waals surface area contributed by atoms with Crippen molar-refractivity contribution >= 4 is 17.2 Å². The van der Waals surface area contributed by atoms with Crippen LogP contribution in [0.4, 0.5) is 30.4 Å². The molecule has 1 aromatic carbocycles. The van der Waals surface area contributed by atoms with E-state index in [1.165, 1.54) is 24.4 Å². The summed E-state index contributed by atoms with van der Waals surface area (Å²) < 4.78 is 38.4. The van der Waals surface area contributed by atoms with Gasteiger partial charge in [-0.3, -0.25) is 0 Å². The highest BCUT2D eigenvalue weighted by molar-refractivity contribution is 5.62. The Morgan fingerprint density at radius 1 is 1.20 bits per heavy atom. The van der Waals surface area contributed by atoms with Crippen LogP contribution in [0.5, 0.6) is 0 Å². The van der Waals surface area contributed by atoms with E-state index in [-0.39, 0.29) is 5.69 Å². The van der Waals surface area contributed by atoms with Gasteiger partial charge >= 0.3 is 6.18 Å². The van der Waals surface area contributed by atoms with E-state index in [1.54, 1.807) is 6.07 Å². The number of nitrogens with zero attached hydrogens (tertiary/aromatic N) is 2. The van der Waals surface area contributed by atoms with Crippen molar-refractivity contribution in [1.29, 1.82) is 5.26 Å². The number of aromatic nitrogens is 1. The van der Waals surface area contributed by atoms with E-state index >= 15 is 0 Å². The molecule has 1 aromatic heterocycles. The largest absolute Gasteiger partial charge is 0.417 e. The summed E-state index contributed by atoms with van der Waals surface area (Å²) in [7, 11) is 0. The third kappa shape index (κ3) is 2.98. The molecule has 3 N–H and O–H groups in total. The van der Waals surface area contributed by atoms with Crippen molar-refractivity contribution in [1.82, 2.24) is 4.98 Å². The van der Waals surface area contributed by atoms with Gasteiger partial charge in [0.2, 0.25) is 0 Å². The Hall–Kier alpha value is -2.75. The number of pyridine rings is 1. The first-order chi connectivity index (χ1) is 9.40. The second kappa shape index (κ2) is 5.09. The third-order valence-corrected chi connectivity index (χ3v) is 2.50. The predicted octanol–water partition coefficient (Wildman–Crippen LogP) is 3.30. The zero-order valence-corrected chi connectivity index (χ0v) is 10.1. The first-order valence-corrected chi connectivity index (χ1v) is 5.50. The van der Waals surface area contributed by atoms with Crippen LogP contribution in [0.1, 0.15) is 11.1 Å². The summed E-state index contributed by atoms with van der Waals surface area (Å²) >= 11 is 0. The fourth-order valence-corrected chi connectivity index (χ4v) is 1.62. The van der Waals surface area contributed by atoms with Gasteiger partial charge in [-0.1, -0.05) is 0 Å². The molecule has 2 aromatic rings. The van der Waals surface area contributed by atoms with E-state index in [0.29, 0.717) is 11.5 Å². The van der Waals surface area contributed by atoms with Gasteiger partial charge in [-0.2, -0.15) is 18.4 Å². The van der Waals surface area contributed by atoms with E-state index in [9.17, 15) is 13.2 Å². The first-order valence-electron chi connectivity index (χ1n) is 5.50. The number of nitrogens with two attached hydrogens (primary N) is 1. The molecule has 0 saturated heterocycles. The zero-order valence-electron chi connectivity index (χ0n) is 10.1. The van der Waals surface area contributed by atoms with Gasteiger partial charge in [0.15, 0.2) is 0 Å². The number of anilines is 3. The highest BCUT2D eigenvalue weighted by Crippen LogP contribution is 2.34. The summed E-state index contributed by atoms with van der Waals surface area (Å²) in [5, 5.41) is 11.4. The lowest BCUT2D eigenvalue weighted by Crippen LogP contribution is -2.08. The summed E-state index contributed by atoms with van der Waals surface area (Å²) in [6.07, 6.45) is -3.15. The molecule has 0 radical (unpaired) electrons. The molecule has 0 fully saturated rings. The Labute approximate surface area is 112 Å². The summed E-state index contributed by atoms with van der Waals surface area (Å²) in [4.78, 5) is 3.93. The van der Waals surface area contributed by atoms with Crippen LogP contribution in [-0.2, 0) is 6.18 Å². The average Bonchev–Trinajstić information content (AvgIpc) is 2.37. The first kappa shape index (κ1) is 13.7. The topological polar surface area (TPSA) is 74.7 Å². The molecule has 4 nitrogen and oxygen atoms in total. The molecule has 0 saturated carbocycles.